The molecule has 0 aliphatic heterocycles. The molecule has 94 valence electrons. The van der Waals surface area contributed by atoms with E-state index in [9.17, 15) is 0 Å². The number of halogens is 1. The van der Waals surface area contributed by atoms with Gasteiger partial charge in [-0.05, 0) is 50.8 Å². The maximum atomic E-state index is 5.84. The smallest absolute Gasteiger partial charge is 0.0380 e. The summed E-state index contributed by atoms with van der Waals surface area (Å²) >= 11 is 3.66. The molecular weight excluding hydrogens is 276 g/mol. The zero-order valence-electron chi connectivity index (χ0n) is 10.6. The van der Waals surface area contributed by atoms with Crippen LogP contribution in [0.25, 0.3) is 0 Å². The van der Waals surface area contributed by atoms with Gasteiger partial charge in [-0.2, -0.15) is 0 Å². The first-order chi connectivity index (χ1) is 8.11. The van der Waals surface area contributed by atoms with E-state index in [2.05, 4.69) is 46.0 Å². The van der Waals surface area contributed by atoms with Gasteiger partial charge < -0.3 is 10.6 Å². The van der Waals surface area contributed by atoms with Gasteiger partial charge in [0.15, 0.2) is 0 Å². The predicted molar refractivity (Wildman–Crippen MR) is 77.5 cm³/mol. The monoisotopic (exact) mass is 296 g/mol. The molecule has 1 saturated carbocycles. The van der Waals surface area contributed by atoms with Crippen LogP contribution in [0.15, 0.2) is 22.7 Å². The van der Waals surface area contributed by atoms with Crippen LogP contribution >= 0.6 is 15.9 Å². The van der Waals surface area contributed by atoms with Gasteiger partial charge in [0.25, 0.3) is 0 Å². The summed E-state index contributed by atoms with van der Waals surface area (Å²) in [5.74, 6) is 0. The van der Waals surface area contributed by atoms with Gasteiger partial charge in [-0.15, -0.1) is 0 Å². The molecule has 0 amide bonds. The molecule has 2 nitrogen and oxygen atoms in total. The van der Waals surface area contributed by atoms with Gasteiger partial charge in [0.1, 0.15) is 0 Å². The van der Waals surface area contributed by atoms with Crippen LogP contribution in [0.4, 0.5) is 5.69 Å². The lowest BCUT2D eigenvalue weighted by Gasteiger charge is -2.23. The van der Waals surface area contributed by atoms with Crippen LogP contribution in [0.1, 0.15) is 32.3 Å². The van der Waals surface area contributed by atoms with Crippen LogP contribution in [0.2, 0.25) is 0 Å². The van der Waals surface area contributed by atoms with Crippen molar-refractivity contribution in [1.82, 2.24) is 0 Å². The van der Waals surface area contributed by atoms with E-state index in [1.807, 2.05) is 6.92 Å². The standard InChI is InChI=1S/C14H21BrN2/c1-3-17(12-6-7-12)13-5-4-11(8-10(2)16)14(15)9-13/h4-5,9-10,12H,3,6-8,16H2,1-2H3. The van der Waals surface area contributed by atoms with E-state index in [4.69, 9.17) is 5.73 Å². The Morgan fingerprint density at radius 2 is 2.18 bits per heavy atom. The minimum atomic E-state index is 0.211. The fourth-order valence-corrected chi connectivity index (χ4v) is 2.79. The van der Waals surface area contributed by atoms with E-state index >= 15 is 0 Å². The maximum absolute atomic E-state index is 5.84. The van der Waals surface area contributed by atoms with Crippen molar-refractivity contribution in [3.8, 4) is 0 Å². The van der Waals surface area contributed by atoms with E-state index in [0.29, 0.717) is 0 Å². The highest BCUT2D eigenvalue weighted by molar-refractivity contribution is 9.10. The van der Waals surface area contributed by atoms with Gasteiger partial charge >= 0.3 is 0 Å². The average molecular weight is 297 g/mol. The van der Waals surface area contributed by atoms with Crippen LogP contribution in [0, 0.1) is 0 Å². The Balaban J connectivity index is 2.17. The Labute approximate surface area is 112 Å². The fraction of sp³-hybridized carbons (Fsp3) is 0.571. The molecule has 3 heteroatoms. The number of benzene rings is 1. The van der Waals surface area contributed by atoms with Crippen molar-refractivity contribution in [3.05, 3.63) is 28.2 Å². The second kappa shape index (κ2) is 5.40. The van der Waals surface area contributed by atoms with Crippen LogP contribution in [-0.2, 0) is 6.42 Å². The van der Waals surface area contributed by atoms with Gasteiger partial charge in [-0.25, -0.2) is 0 Å². The van der Waals surface area contributed by atoms with Crippen LogP contribution in [0.3, 0.4) is 0 Å². The van der Waals surface area contributed by atoms with Gasteiger partial charge in [-0.3, -0.25) is 0 Å². The molecule has 1 aliphatic rings. The van der Waals surface area contributed by atoms with E-state index < -0.39 is 0 Å². The highest BCUT2D eigenvalue weighted by Gasteiger charge is 2.28. The first-order valence-corrected chi connectivity index (χ1v) is 7.21. The molecule has 1 unspecified atom stereocenters. The largest absolute Gasteiger partial charge is 0.369 e. The maximum Gasteiger partial charge on any atom is 0.0380 e. The molecule has 1 atom stereocenters. The molecule has 0 spiro atoms. The number of hydrogen-bond donors (Lipinski definition) is 1. The molecule has 0 bridgehead atoms. The quantitative estimate of drug-likeness (QED) is 0.903. The minimum Gasteiger partial charge on any atom is -0.369 e. The van der Waals surface area contributed by atoms with E-state index in [0.717, 1.165) is 19.0 Å². The Kier molecular flexibility index (Phi) is 4.10. The van der Waals surface area contributed by atoms with Crippen molar-refractivity contribution < 1.29 is 0 Å². The average Bonchev–Trinajstić information content (AvgIpc) is 3.07. The molecule has 0 aromatic heterocycles. The summed E-state index contributed by atoms with van der Waals surface area (Å²) in [4.78, 5) is 2.49. The normalized spacial score (nSPS) is 16.9. The number of nitrogens with zero attached hydrogens (tertiary/aromatic N) is 1. The highest BCUT2D eigenvalue weighted by Crippen LogP contribution is 2.33. The van der Waals surface area contributed by atoms with Gasteiger partial charge in [0.05, 0.1) is 0 Å². The van der Waals surface area contributed by atoms with Gasteiger partial charge in [0, 0.05) is 28.8 Å². The number of rotatable bonds is 5. The number of hydrogen-bond acceptors (Lipinski definition) is 2. The molecule has 0 radical (unpaired) electrons. The second-order valence-corrected chi connectivity index (χ2v) is 5.83. The summed E-state index contributed by atoms with van der Waals surface area (Å²) in [6, 6.07) is 7.64. The molecule has 17 heavy (non-hydrogen) atoms. The van der Waals surface area contributed by atoms with Crippen molar-refractivity contribution in [2.45, 2.75) is 45.2 Å². The van der Waals surface area contributed by atoms with Crippen molar-refractivity contribution in [3.63, 3.8) is 0 Å². The summed E-state index contributed by atoms with van der Waals surface area (Å²) in [6.45, 7) is 5.36. The van der Waals surface area contributed by atoms with Crippen LogP contribution < -0.4 is 10.6 Å². The molecule has 2 rings (SSSR count). The summed E-state index contributed by atoms with van der Waals surface area (Å²) in [7, 11) is 0. The Morgan fingerprint density at radius 1 is 1.47 bits per heavy atom. The van der Waals surface area contributed by atoms with E-state index in [1.54, 1.807) is 0 Å². The third-order valence-corrected chi connectivity index (χ3v) is 3.98. The third-order valence-electron chi connectivity index (χ3n) is 3.24. The fourth-order valence-electron chi connectivity index (χ4n) is 2.27. The van der Waals surface area contributed by atoms with Crippen molar-refractivity contribution in [2.75, 3.05) is 11.4 Å². The first-order valence-electron chi connectivity index (χ1n) is 6.42. The summed E-state index contributed by atoms with van der Waals surface area (Å²) < 4.78 is 1.19. The molecular formula is C14H21BrN2. The topological polar surface area (TPSA) is 29.3 Å². The molecule has 1 aromatic carbocycles. The lowest BCUT2D eigenvalue weighted by Crippen LogP contribution is -2.25. The van der Waals surface area contributed by atoms with Crippen molar-refractivity contribution >= 4 is 21.6 Å². The van der Waals surface area contributed by atoms with E-state index in [-0.39, 0.29) is 6.04 Å². The zero-order chi connectivity index (χ0) is 12.4. The van der Waals surface area contributed by atoms with Crippen molar-refractivity contribution in [2.24, 2.45) is 5.73 Å². The summed E-state index contributed by atoms with van der Waals surface area (Å²) in [5.41, 5.74) is 8.47. The minimum absolute atomic E-state index is 0.211. The molecule has 2 N–H and O–H groups in total. The SMILES string of the molecule is CCN(c1ccc(CC(C)N)c(Br)c1)C1CC1. The zero-order valence-corrected chi connectivity index (χ0v) is 12.2. The number of nitrogens with two attached hydrogens (primary N) is 1. The lowest BCUT2D eigenvalue weighted by atomic mass is 10.1. The summed E-state index contributed by atoms with van der Waals surface area (Å²) in [5, 5.41) is 0. The second-order valence-electron chi connectivity index (χ2n) is 4.97. The molecule has 0 saturated heterocycles. The molecule has 0 heterocycles. The Morgan fingerprint density at radius 3 is 2.65 bits per heavy atom. The first kappa shape index (κ1) is 12.9. The molecule has 1 fully saturated rings. The van der Waals surface area contributed by atoms with Crippen LogP contribution in [-0.4, -0.2) is 18.6 Å². The summed E-state index contributed by atoms with van der Waals surface area (Å²) in [6.07, 6.45) is 3.61. The molecule has 1 aromatic rings. The van der Waals surface area contributed by atoms with E-state index in [1.165, 1.54) is 28.6 Å². The molecule has 1 aliphatic carbocycles. The van der Waals surface area contributed by atoms with Crippen LogP contribution in [0.5, 0.6) is 0 Å². The lowest BCUT2D eigenvalue weighted by molar-refractivity contribution is 0.735. The van der Waals surface area contributed by atoms with Gasteiger partial charge in [0.2, 0.25) is 0 Å². The highest BCUT2D eigenvalue weighted by atomic mass is 79.9. The van der Waals surface area contributed by atoms with Crippen molar-refractivity contribution in [1.29, 1.82) is 0 Å². The third kappa shape index (κ3) is 3.23. The predicted octanol–water partition coefficient (Wildman–Crippen LogP) is 3.33. The Bertz CT molecular complexity index is 386. The van der Waals surface area contributed by atoms with Gasteiger partial charge in [-0.1, -0.05) is 22.0 Å². The Hall–Kier alpha value is -0.540. The number of anilines is 1.